The molecule has 130 valence electrons. The van der Waals surface area contributed by atoms with E-state index in [-0.39, 0.29) is 17.6 Å². The third kappa shape index (κ3) is 3.30. The fraction of sp³-hybridized carbons (Fsp3) is 0.833. The molecule has 0 spiro atoms. The molecule has 3 nitrogen and oxygen atoms in total. The Morgan fingerprint density at radius 1 is 1.22 bits per heavy atom. The lowest BCUT2D eigenvalue weighted by atomic mass is 9.50. The molecule has 4 aliphatic rings. The molecule has 0 amide bonds. The number of rotatable bonds is 6. The van der Waals surface area contributed by atoms with Gasteiger partial charge in [0.25, 0.3) is 5.79 Å². The molecule has 0 aromatic rings. The molecule has 0 aromatic heterocycles. The second-order valence-corrected chi connectivity index (χ2v) is 8.19. The Bertz CT molecular complexity index is 467. The van der Waals surface area contributed by atoms with Gasteiger partial charge in [0, 0.05) is 12.5 Å². The van der Waals surface area contributed by atoms with Gasteiger partial charge in [-0.05, 0) is 68.6 Å². The summed E-state index contributed by atoms with van der Waals surface area (Å²) in [6.45, 7) is 6.28. The summed E-state index contributed by atoms with van der Waals surface area (Å²) in [7, 11) is 0. The van der Waals surface area contributed by atoms with E-state index in [0.29, 0.717) is 0 Å². The number of carbonyl (C=O) groups is 1. The van der Waals surface area contributed by atoms with Crippen LogP contribution in [-0.4, -0.2) is 24.8 Å². The Labute approximate surface area is 136 Å². The standard InChI is InChI=1S/C18H26F2O3/c1-11(2)15(21)23-17(3,16(19)20)22-10-18-7-12-4-13(8-18)6-14(5-12)9-18/h12-14,16H,1,4-10H2,2-3H3. The minimum Gasteiger partial charge on any atom is -0.424 e. The molecule has 1 atom stereocenters. The van der Waals surface area contributed by atoms with Crippen LogP contribution in [0.25, 0.3) is 0 Å². The quantitative estimate of drug-likeness (QED) is 0.414. The molecule has 0 saturated heterocycles. The monoisotopic (exact) mass is 328 g/mol. The largest absolute Gasteiger partial charge is 0.424 e. The first kappa shape index (κ1) is 16.9. The Kier molecular flexibility index (Phi) is 4.28. The Hall–Kier alpha value is -0.970. The molecule has 0 radical (unpaired) electrons. The third-order valence-electron chi connectivity index (χ3n) is 5.87. The highest BCUT2D eigenvalue weighted by Gasteiger charge is 2.52. The maximum Gasteiger partial charge on any atom is 0.335 e. The maximum absolute atomic E-state index is 13.4. The molecule has 5 heteroatoms. The van der Waals surface area contributed by atoms with Crippen LogP contribution < -0.4 is 0 Å². The molecule has 0 heterocycles. The van der Waals surface area contributed by atoms with Crippen LogP contribution in [0.2, 0.25) is 0 Å². The van der Waals surface area contributed by atoms with E-state index in [2.05, 4.69) is 6.58 Å². The minimum atomic E-state index is -2.89. The van der Waals surface area contributed by atoms with Crippen molar-refractivity contribution in [1.29, 1.82) is 0 Å². The molecule has 4 saturated carbocycles. The average molecular weight is 328 g/mol. The predicted molar refractivity (Wildman–Crippen MR) is 81.9 cm³/mol. The van der Waals surface area contributed by atoms with Gasteiger partial charge in [-0.25, -0.2) is 13.6 Å². The minimum absolute atomic E-state index is 0.000527. The van der Waals surface area contributed by atoms with Gasteiger partial charge in [-0.1, -0.05) is 6.58 Å². The fourth-order valence-electron chi connectivity index (χ4n) is 5.17. The van der Waals surface area contributed by atoms with Gasteiger partial charge in [0.2, 0.25) is 0 Å². The molecule has 23 heavy (non-hydrogen) atoms. The summed E-state index contributed by atoms with van der Waals surface area (Å²) in [5, 5.41) is 0. The van der Waals surface area contributed by atoms with Gasteiger partial charge in [-0.2, -0.15) is 0 Å². The van der Waals surface area contributed by atoms with Gasteiger partial charge >= 0.3 is 12.4 Å². The van der Waals surface area contributed by atoms with E-state index in [1.807, 2.05) is 0 Å². The van der Waals surface area contributed by atoms with E-state index in [4.69, 9.17) is 9.47 Å². The van der Waals surface area contributed by atoms with Gasteiger partial charge in [0.1, 0.15) is 0 Å². The summed E-state index contributed by atoms with van der Waals surface area (Å²) in [5.74, 6) is -0.862. The van der Waals surface area contributed by atoms with Crippen LogP contribution in [0.5, 0.6) is 0 Å². The molecular formula is C18H26F2O3. The van der Waals surface area contributed by atoms with E-state index in [9.17, 15) is 13.6 Å². The van der Waals surface area contributed by atoms with Crippen molar-refractivity contribution in [2.75, 3.05) is 6.61 Å². The van der Waals surface area contributed by atoms with Crippen molar-refractivity contribution in [2.24, 2.45) is 23.2 Å². The average Bonchev–Trinajstić information content (AvgIpc) is 2.43. The second-order valence-electron chi connectivity index (χ2n) is 8.19. The van der Waals surface area contributed by atoms with Crippen molar-refractivity contribution in [2.45, 2.75) is 64.6 Å². The van der Waals surface area contributed by atoms with Gasteiger partial charge < -0.3 is 9.47 Å². The molecule has 0 N–H and O–H groups in total. The van der Waals surface area contributed by atoms with Crippen molar-refractivity contribution in [3.05, 3.63) is 12.2 Å². The highest BCUT2D eigenvalue weighted by atomic mass is 19.3. The summed E-state index contributed by atoms with van der Waals surface area (Å²) >= 11 is 0. The number of halogens is 2. The Morgan fingerprint density at radius 2 is 1.70 bits per heavy atom. The number of hydrogen-bond acceptors (Lipinski definition) is 3. The topological polar surface area (TPSA) is 35.5 Å². The molecular weight excluding hydrogens is 302 g/mol. The summed E-state index contributed by atoms with van der Waals surface area (Å²) < 4.78 is 37.3. The van der Waals surface area contributed by atoms with E-state index in [1.165, 1.54) is 26.2 Å². The number of ether oxygens (including phenoxy) is 2. The highest BCUT2D eigenvalue weighted by Crippen LogP contribution is 2.60. The van der Waals surface area contributed by atoms with E-state index in [0.717, 1.165) is 43.9 Å². The molecule has 4 bridgehead atoms. The molecule has 0 aliphatic heterocycles. The molecule has 1 unspecified atom stereocenters. The van der Waals surface area contributed by atoms with Gasteiger partial charge in [-0.15, -0.1) is 0 Å². The molecule has 4 fully saturated rings. The lowest BCUT2D eigenvalue weighted by molar-refractivity contribution is -0.285. The summed E-state index contributed by atoms with van der Waals surface area (Å²) in [6.07, 6.45) is 4.16. The number of alkyl halides is 2. The lowest BCUT2D eigenvalue weighted by Crippen LogP contribution is -2.51. The maximum atomic E-state index is 13.4. The zero-order chi connectivity index (χ0) is 16.8. The van der Waals surface area contributed by atoms with Gasteiger partial charge in [0.05, 0.1) is 6.61 Å². The van der Waals surface area contributed by atoms with Crippen molar-refractivity contribution in [3.63, 3.8) is 0 Å². The van der Waals surface area contributed by atoms with E-state index in [1.54, 1.807) is 0 Å². The van der Waals surface area contributed by atoms with Gasteiger partial charge in [-0.3, -0.25) is 0 Å². The molecule has 0 aromatic carbocycles. The second kappa shape index (κ2) is 5.83. The predicted octanol–water partition coefficient (Wildman–Crippen LogP) is 4.32. The smallest absolute Gasteiger partial charge is 0.335 e. The molecule has 4 aliphatic carbocycles. The van der Waals surface area contributed by atoms with Crippen LogP contribution in [-0.2, 0) is 14.3 Å². The summed E-state index contributed by atoms with van der Waals surface area (Å²) in [5.41, 5.74) is 0.0934. The first-order valence-electron chi connectivity index (χ1n) is 8.52. The zero-order valence-corrected chi connectivity index (χ0v) is 13.9. The van der Waals surface area contributed by atoms with Crippen LogP contribution in [0, 0.1) is 23.2 Å². The van der Waals surface area contributed by atoms with Crippen LogP contribution in [0.4, 0.5) is 8.78 Å². The SMILES string of the molecule is C=C(C)C(=O)OC(C)(OCC12CC3CC(CC(C3)C1)C2)C(F)F. The number of carbonyl (C=O) groups excluding carboxylic acids is 1. The first-order chi connectivity index (χ1) is 10.7. The summed E-state index contributed by atoms with van der Waals surface area (Å²) in [4.78, 5) is 11.7. The van der Waals surface area contributed by atoms with Crippen molar-refractivity contribution >= 4 is 5.97 Å². The van der Waals surface area contributed by atoms with E-state index < -0.39 is 18.2 Å². The van der Waals surface area contributed by atoms with E-state index >= 15 is 0 Å². The van der Waals surface area contributed by atoms with Crippen molar-refractivity contribution in [1.82, 2.24) is 0 Å². The van der Waals surface area contributed by atoms with Crippen LogP contribution >= 0.6 is 0 Å². The normalized spacial score (nSPS) is 37.7. The van der Waals surface area contributed by atoms with Gasteiger partial charge in [0.15, 0.2) is 0 Å². The highest BCUT2D eigenvalue weighted by molar-refractivity contribution is 5.87. The van der Waals surface area contributed by atoms with Crippen LogP contribution in [0.3, 0.4) is 0 Å². The Morgan fingerprint density at radius 3 is 2.09 bits per heavy atom. The number of hydrogen-bond donors (Lipinski definition) is 0. The third-order valence-corrected chi connectivity index (χ3v) is 5.87. The fourth-order valence-corrected chi connectivity index (χ4v) is 5.17. The van der Waals surface area contributed by atoms with Crippen molar-refractivity contribution in [3.8, 4) is 0 Å². The first-order valence-corrected chi connectivity index (χ1v) is 8.52. The zero-order valence-electron chi connectivity index (χ0n) is 13.9. The van der Waals surface area contributed by atoms with Crippen LogP contribution in [0.15, 0.2) is 12.2 Å². The Balaban J connectivity index is 1.67. The number of esters is 1. The van der Waals surface area contributed by atoms with Crippen LogP contribution in [0.1, 0.15) is 52.4 Å². The summed E-state index contributed by atoms with van der Waals surface area (Å²) in [6, 6.07) is 0. The lowest BCUT2D eigenvalue weighted by Gasteiger charge is -2.57. The van der Waals surface area contributed by atoms with Crippen molar-refractivity contribution < 1.29 is 23.0 Å². The molecule has 4 rings (SSSR count).